The molecule has 2 aliphatic carbocycles. The first-order valence-electron chi connectivity index (χ1n) is 43.1. The second kappa shape index (κ2) is 23.3. The van der Waals surface area contributed by atoms with Gasteiger partial charge in [-0.25, -0.2) is 0 Å². The Labute approximate surface area is 714 Å². The minimum Gasteiger partial charge on any atom is -0.309 e. The number of nitrogens with zero attached hydrogens (tertiary/aromatic N) is 6. The summed E-state index contributed by atoms with van der Waals surface area (Å²) in [4.78, 5) is 0. The number of hydrogen-bond donors (Lipinski definition) is 0. The fourth-order valence-electron chi connectivity index (χ4n) is 24.1. The van der Waals surface area contributed by atoms with E-state index in [1.54, 1.807) is 0 Å². The van der Waals surface area contributed by atoms with Crippen LogP contribution in [0.3, 0.4) is 0 Å². The van der Waals surface area contributed by atoms with Crippen LogP contribution in [0.5, 0.6) is 0 Å². The fraction of sp³-hybridized carbons (Fsp3) is 0.0172. The quantitative estimate of drug-likeness (QED) is 0.159. The van der Waals surface area contributed by atoms with Gasteiger partial charge < -0.3 is 27.1 Å². The van der Waals surface area contributed by atoms with E-state index in [4.69, 9.17) is 0 Å². The summed E-state index contributed by atoms with van der Waals surface area (Å²) in [5.41, 5.74) is 34.6. The molecule has 124 heavy (non-hydrogen) atoms. The molecular weight excluding hydrogens is 1540 g/mol. The molecule has 0 N–H and O–H groups in total. The van der Waals surface area contributed by atoms with Gasteiger partial charge in [-0.3, -0.25) is 0 Å². The van der Waals surface area contributed by atoms with Crippen LogP contribution in [-0.4, -0.2) is 27.1 Å². The minimum atomic E-state index is 0.0964. The summed E-state index contributed by atoms with van der Waals surface area (Å²) in [6, 6.07) is 144. The predicted octanol–water partition coefficient (Wildman–Crippen LogP) is 31.4. The van der Waals surface area contributed by atoms with Crippen LogP contribution in [0.2, 0.25) is 0 Å². The predicted molar refractivity (Wildman–Crippen MR) is 525 cm³/mol. The maximum Gasteiger partial charge on any atom is 0.0627 e. The van der Waals surface area contributed by atoms with Gasteiger partial charge in [0.15, 0.2) is 0 Å². The van der Waals surface area contributed by atoms with Gasteiger partial charge in [0.25, 0.3) is 0 Å². The maximum atomic E-state index is 2.68. The lowest BCUT2D eigenvalue weighted by Crippen LogP contribution is -1.99. The average molecular weight is 1610 g/mol. The molecule has 0 radical (unpaired) electrons. The van der Waals surface area contributed by atoms with Gasteiger partial charge >= 0.3 is 0 Å². The van der Waals surface area contributed by atoms with Crippen molar-refractivity contribution in [3.8, 4) is 45.0 Å². The number of thiophene rings is 2. The monoisotopic (exact) mass is 1600 g/mol. The van der Waals surface area contributed by atoms with E-state index >= 15 is 0 Å². The highest BCUT2D eigenvalue weighted by Gasteiger charge is 2.35. The molecule has 0 atom stereocenters. The van der Waals surface area contributed by atoms with Crippen LogP contribution in [0, 0.1) is 0 Å². The second-order valence-electron chi connectivity index (χ2n) is 34.8. The number of benzene rings is 19. The maximum absolute atomic E-state index is 2.68. The van der Waals surface area contributed by atoms with Crippen molar-refractivity contribution in [3.05, 3.63) is 409 Å². The van der Waals surface area contributed by atoms with Crippen LogP contribution in [0.1, 0.15) is 45.2 Å². The molecule has 10 heterocycles. The van der Waals surface area contributed by atoms with E-state index in [2.05, 4.69) is 403 Å². The van der Waals surface area contributed by atoms with Crippen molar-refractivity contribution in [2.45, 2.75) is 11.8 Å². The zero-order chi connectivity index (χ0) is 79.9. The van der Waals surface area contributed by atoms with E-state index in [0.29, 0.717) is 0 Å². The zero-order valence-corrected chi connectivity index (χ0v) is 68.1. The first-order chi connectivity index (χ1) is 61.5. The molecule has 31 rings (SSSR count). The Hall–Kier alpha value is -15.6. The molecule has 0 aliphatic heterocycles. The topological polar surface area (TPSA) is 28.5 Å². The third-order valence-electron chi connectivity index (χ3n) is 29.0. The van der Waals surface area contributed by atoms with Crippen molar-refractivity contribution in [2.24, 2.45) is 0 Å². The van der Waals surface area contributed by atoms with Gasteiger partial charge in [-0.05, 0) is 201 Å². The Balaban J connectivity index is 0.662. The zero-order valence-electron chi connectivity index (χ0n) is 66.5. The van der Waals surface area contributed by atoms with Crippen molar-refractivity contribution < 1.29 is 0 Å². The van der Waals surface area contributed by atoms with Gasteiger partial charge in [-0.1, -0.05) is 231 Å². The van der Waals surface area contributed by atoms with Crippen molar-refractivity contribution in [2.75, 3.05) is 0 Å². The highest BCUT2D eigenvalue weighted by atomic mass is 32.1. The molecule has 0 saturated carbocycles. The van der Waals surface area contributed by atoms with Gasteiger partial charge in [0, 0.05) is 161 Å². The minimum absolute atomic E-state index is 0.0964. The molecule has 8 heteroatoms. The van der Waals surface area contributed by atoms with Gasteiger partial charge in [-0.15, -0.1) is 22.7 Å². The van der Waals surface area contributed by atoms with E-state index in [1.165, 1.54) is 248 Å². The third-order valence-corrected chi connectivity index (χ3v) is 31.2. The van der Waals surface area contributed by atoms with Crippen molar-refractivity contribution in [1.29, 1.82) is 0 Å². The van der Waals surface area contributed by atoms with Crippen LogP contribution in [-0.2, 0) is 0 Å². The molecule has 0 saturated heterocycles. The van der Waals surface area contributed by atoms with E-state index < -0.39 is 0 Å². The molecule has 0 bridgehead atoms. The van der Waals surface area contributed by atoms with Gasteiger partial charge in [-0.2, -0.15) is 0 Å². The van der Waals surface area contributed by atoms with Crippen LogP contribution < -0.4 is 0 Å². The number of rotatable bonds is 6. The Kier molecular flexibility index (Phi) is 12.3. The highest BCUT2D eigenvalue weighted by molar-refractivity contribution is 7.26. The number of para-hydroxylation sites is 4. The van der Waals surface area contributed by atoms with E-state index in [-0.39, 0.29) is 11.8 Å². The Morgan fingerprint density at radius 3 is 0.831 bits per heavy atom. The van der Waals surface area contributed by atoms with Gasteiger partial charge in [0.2, 0.25) is 0 Å². The molecule has 0 fully saturated rings. The van der Waals surface area contributed by atoms with Crippen LogP contribution in [0.4, 0.5) is 0 Å². The lowest BCUT2D eigenvalue weighted by atomic mass is 9.87. The van der Waals surface area contributed by atoms with Crippen LogP contribution in [0.15, 0.2) is 376 Å². The number of aromatic nitrogens is 6. The molecule has 2 aliphatic rings. The number of fused-ring (bicyclic) bond motifs is 38. The van der Waals surface area contributed by atoms with Gasteiger partial charge in [0.05, 0.1) is 77.2 Å². The summed E-state index contributed by atoms with van der Waals surface area (Å²) >= 11 is 3.84. The lowest BCUT2D eigenvalue weighted by Gasteiger charge is -2.15. The fourth-order valence-corrected chi connectivity index (χ4v) is 26.4. The molecule has 10 aromatic heterocycles. The molecule has 0 spiro atoms. The molecule has 0 amide bonds. The van der Waals surface area contributed by atoms with E-state index in [0.717, 1.165) is 33.8 Å². The average Bonchev–Trinajstić information content (AvgIpc) is 1.50. The van der Waals surface area contributed by atoms with Crippen molar-refractivity contribution in [1.82, 2.24) is 27.1 Å². The summed E-state index contributed by atoms with van der Waals surface area (Å²) in [6.07, 6.45) is 0. The molecular formula is C116H64N6S2. The largest absolute Gasteiger partial charge is 0.309 e. The standard InChI is InChI=1S/C116H64N6S2/c1-5-29-77-69(21-1)70-22-2-6-30-78(70)109(77)63-41-49-97-85(53-63)86-54-64(110-79-31-7-3-23-71(79)72-24-4-8-32-80(72)110)42-50-98(86)119(97)67-43-47-81-101(57-67)121-103-59-90-92-62-108-112(84-34-14-20-40-106(84)124-108)114-82-48-44-68(58-102(82)122(116(92)114)104(90)60-89(103)91-61-107-111(113(81)115(91)121)83-33-13-19-39-105(83)123-107)120-99-51-45-65(117-93-35-15-9-25-73(93)74-26-10-16-36-94(74)117)55-87(99)88-56-66(46-52-100(88)120)118-95-37-17-11-27-75(95)76-28-12-18-38-96(76)118/h1-62,109-110H. The van der Waals surface area contributed by atoms with Crippen LogP contribution in [0.25, 0.3) is 249 Å². The Morgan fingerprint density at radius 2 is 0.452 bits per heavy atom. The molecule has 19 aromatic carbocycles. The van der Waals surface area contributed by atoms with E-state index in [9.17, 15) is 0 Å². The summed E-state index contributed by atoms with van der Waals surface area (Å²) in [6.45, 7) is 0. The lowest BCUT2D eigenvalue weighted by molar-refractivity contribution is 1.02. The van der Waals surface area contributed by atoms with Crippen LogP contribution >= 0.6 is 22.7 Å². The normalized spacial score (nSPS) is 13.4. The Morgan fingerprint density at radius 1 is 0.169 bits per heavy atom. The summed E-state index contributed by atoms with van der Waals surface area (Å²) in [5, 5.41) is 25.3. The van der Waals surface area contributed by atoms with Gasteiger partial charge in [0.1, 0.15) is 0 Å². The summed E-state index contributed by atoms with van der Waals surface area (Å²) < 4.78 is 20.6. The molecule has 29 aromatic rings. The number of hydrogen-bond acceptors (Lipinski definition) is 2. The third kappa shape index (κ3) is 8.17. The van der Waals surface area contributed by atoms with Crippen molar-refractivity contribution >= 4 is 226 Å². The summed E-state index contributed by atoms with van der Waals surface area (Å²) in [7, 11) is 0. The molecule has 0 unspecified atom stereocenters. The second-order valence-corrected chi connectivity index (χ2v) is 36.9. The molecule has 570 valence electrons. The summed E-state index contributed by atoms with van der Waals surface area (Å²) in [5.74, 6) is 0.193. The molecule has 6 nitrogen and oxygen atoms in total. The van der Waals surface area contributed by atoms with Crippen molar-refractivity contribution in [3.63, 3.8) is 0 Å². The first kappa shape index (κ1) is 65.3. The highest BCUT2D eigenvalue weighted by Crippen LogP contribution is 2.56. The first-order valence-corrected chi connectivity index (χ1v) is 44.7. The Bertz CT molecular complexity index is 9430. The van der Waals surface area contributed by atoms with E-state index in [1.807, 2.05) is 22.7 Å². The SMILES string of the molecule is c1ccc2c(c1)-c1ccccc1C2c1ccc2c(c1)c1cc(C3c4ccccc4-c4ccccc43)ccc1n2-c1ccc2c3c4c(cc5c6cc7c(cc6n(c2c1)c53)c1cc2sc3ccccc3c2c2c3ccc(-n5c6ccc(-n8c9ccccc9c9ccccc98)cc6c6cc(-n8c9ccccc9c9ccccc98)ccc65)cc3n7c12)sc1ccccc14. The smallest absolute Gasteiger partial charge is 0.0627 e.